The molecule has 0 radical (unpaired) electrons. The maximum absolute atomic E-state index is 14.2. The first-order valence-corrected chi connectivity index (χ1v) is 19.0. The third kappa shape index (κ3) is 13.0. The zero-order chi connectivity index (χ0) is 53.7. The molecule has 0 saturated carbocycles. The van der Waals surface area contributed by atoms with Crippen molar-refractivity contribution >= 4 is 28.0 Å². The van der Waals surface area contributed by atoms with Crippen molar-refractivity contribution in [2.75, 3.05) is 0 Å². The average molecular weight is 1050 g/mol. The van der Waals surface area contributed by atoms with Crippen LogP contribution in [0.3, 0.4) is 0 Å². The van der Waals surface area contributed by atoms with Crippen LogP contribution in [0.25, 0.3) is 0 Å². The number of aromatic nitrogens is 2. The minimum Gasteiger partial charge on any atom is -0.508 e. The Morgan fingerprint density at radius 3 is 0.746 bits per heavy atom. The smallest absolute Gasteiger partial charge is 0.416 e. The fourth-order valence-electron chi connectivity index (χ4n) is 7.34. The number of halogens is 24. The Labute approximate surface area is 381 Å². The van der Waals surface area contributed by atoms with Crippen LogP contribution in [0.1, 0.15) is 50.1 Å². The van der Waals surface area contributed by atoms with E-state index in [-0.39, 0.29) is 0 Å². The second kappa shape index (κ2) is 18.8. The maximum atomic E-state index is 14.2. The fourth-order valence-corrected chi connectivity index (χ4v) is 7.34. The van der Waals surface area contributed by atoms with Crippen molar-refractivity contribution in [1.29, 1.82) is 0 Å². The highest BCUT2D eigenvalue weighted by molar-refractivity contribution is 7.20. The molecule has 0 atom stereocenters. The third-order valence-corrected chi connectivity index (χ3v) is 10.4. The van der Waals surface area contributed by atoms with Gasteiger partial charge in [0.1, 0.15) is 11.9 Å². The molecule has 0 aliphatic rings. The van der Waals surface area contributed by atoms with Gasteiger partial charge in [0.25, 0.3) is 0 Å². The summed E-state index contributed by atoms with van der Waals surface area (Å²) in [6.45, 7) is 0.794. The molecular weight excluding hydrogens is 1030 g/mol. The molecule has 0 saturated heterocycles. The lowest BCUT2D eigenvalue weighted by atomic mass is 9.12. The average Bonchev–Trinajstić information content (AvgIpc) is 3.22. The molecule has 6 aromatic rings. The van der Waals surface area contributed by atoms with Crippen LogP contribution in [0.5, 0.6) is 5.75 Å². The lowest BCUT2D eigenvalue weighted by molar-refractivity contribution is -0.688. The number of hydrogen-bond donors (Lipinski definition) is 1. The summed E-state index contributed by atoms with van der Waals surface area (Å²) in [5.41, 5.74) is -29.1. The van der Waals surface area contributed by atoms with Gasteiger partial charge in [-0.1, -0.05) is 48.5 Å². The molecule has 28 heteroatoms. The lowest BCUT2D eigenvalue weighted by Gasteiger charge is -2.46. The van der Waals surface area contributed by atoms with E-state index < -0.39 is 195 Å². The SMILES string of the molecule is FC(F)(F)c1cc([B-](c2cc(C(F)(F)F)cc(C(F)(F)F)c2)(c2cc(C(F)(F)F)cc(C(F)(F)F)c2)c2cc(C(F)(F)F)cc(C(F)(F)F)c2)cc(C(F)(F)F)c1.Oc1ccc(C[n+]2ccncc2)cc1. The van der Waals surface area contributed by atoms with Gasteiger partial charge in [0, 0.05) is 5.56 Å². The molecule has 0 unspecified atom stereocenters. The molecule has 3 nitrogen and oxygen atoms in total. The van der Waals surface area contributed by atoms with E-state index in [1.165, 1.54) is 0 Å². The van der Waals surface area contributed by atoms with E-state index in [1.807, 2.05) is 29.1 Å². The molecule has 0 aliphatic heterocycles. The van der Waals surface area contributed by atoms with E-state index in [1.54, 1.807) is 24.5 Å². The van der Waals surface area contributed by atoms with Crippen LogP contribution < -0.4 is 26.4 Å². The number of nitrogens with zero attached hydrogens (tertiary/aromatic N) is 2. The van der Waals surface area contributed by atoms with Gasteiger partial charge in [-0.3, -0.25) is 4.98 Å². The number of hydrogen-bond acceptors (Lipinski definition) is 2. The summed E-state index contributed by atoms with van der Waals surface area (Å²) in [5, 5.41) is 9.11. The Kier molecular flexibility index (Phi) is 14.7. The summed E-state index contributed by atoms with van der Waals surface area (Å²) in [7, 11) is 0. The van der Waals surface area contributed by atoms with Gasteiger partial charge >= 0.3 is 49.4 Å². The van der Waals surface area contributed by atoms with Crippen LogP contribution in [0.2, 0.25) is 0 Å². The van der Waals surface area contributed by atoms with Crippen LogP contribution in [0, 0.1) is 0 Å². The van der Waals surface area contributed by atoms with Gasteiger partial charge in [0.05, 0.1) is 56.9 Å². The molecule has 0 aliphatic carbocycles. The Balaban J connectivity index is 0.000000569. The Morgan fingerprint density at radius 2 is 0.549 bits per heavy atom. The first-order valence-electron chi connectivity index (χ1n) is 19.0. The number of phenolic OH excluding ortho intramolecular Hbond substituents is 1. The van der Waals surface area contributed by atoms with Crippen LogP contribution in [-0.4, -0.2) is 16.2 Å². The van der Waals surface area contributed by atoms with Crippen LogP contribution in [0.4, 0.5) is 105 Å². The predicted molar refractivity (Wildman–Crippen MR) is 202 cm³/mol. The predicted octanol–water partition coefficient (Wildman–Crippen LogP) is 12.3. The Morgan fingerprint density at radius 1 is 0.338 bits per heavy atom. The van der Waals surface area contributed by atoms with Gasteiger partial charge in [0.2, 0.25) is 0 Å². The molecule has 1 N–H and O–H groups in total. The van der Waals surface area contributed by atoms with Gasteiger partial charge in [0.15, 0.2) is 18.9 Å². The van der Waals surface area contributed by atoms with E-state index in [9.17, 15) is 105 Å². The van der Waals surface area contributed by atoms with Gasteiger partial charge in [-0.05, 0) is 48.5 Å². The van der Waals surface area contributed by atoms with Crippen molar-refractivity contribution in [2.45, 2.75) is 56.0 Å². The normalized spacial score (nSPS) is 13.5. The molecule has 382 valence electrons. The van der Waals surface area contributed by atoms with Crippen LogP contribution in [0.15, 0.2) is 122 Å². The zero-order valence-electron chi connectivity index (χ0n) is 34.2. The fraction of sp³-hybridized carbons (Fsp3) is 0.209. The molecule has 0 fully saturated rings. The highest BCUT2D eigenvalue weighted by Gasteiger charge is 2.47. The lowest BCUT2D eigenvalue weighted by Crippen LogP contribution is -2.75. The third-order valence-electron chi connectivity index (χ3n) is 10.4. The quantitative estimate of drug-likeness (QED) is 0.103. The second-order valence-electron chi connectivity index (χ2n) is 15.3. The van der Waals surface area contributed by atoms with Crippen molar-refractivity contribution < 1.29 is 115 Å². The Hall–Kier alpha value is -6.64. The highest BCUT2D eigenvalue weighted by atomic mass is 19.4. The number of phenols is 1. The first kappa shape index (κ1) is 55.3. The molecule has 0 spiro atoms. The number of benzene rings is 5. The number of rotatable bonds is 6. The van der Waals surface area contributed by atoms with Crippen molar-refractivity contribution in [3.63, 3.8) is 0 Å². The second-order valence-corrected chi connectivity index (χ2v) is 15.3. The van der Waals surface area contributed by atoms with E-state index in [2.05, 4.69) is 4.98 Å². The minimum absolute atomic E-state index is 0.300. The molecule has 71 heavy (non-hydrogen) atoms. The number of alkyl halides is 24. The van der Waals surface area contributed by atoms with Crippen molar-refractivity contribution in [3.05, 3.63) is 172 Å². The van der Waals surface area contributed by atoms with Gasteiger partial charge in [-0.25, -0.2) is 0 Å². The van der Waals surface area contributed by atoms with Crippen molar-refractivity contribution in [1.82, 2.24) is 4.98 Å². The molecule has 5 aromatic carbocycles. The summed E-state index contributed by atoms with van der Waals surface area (Å²) in [6, 6.07) is -1.62. The Bertz CT molecular complexity index is 2400. The molecular formula is C43H23BF24N2O. The molecule has 1 aromatic heterocycles. The van der Waals surface area contributed by atoms with E-state index in [4.69, 9.17) is 5.11 Å². The number of aromatic hydroxyl groups is 1. The summed E-state index contributed by atoms with van der Waals surface area (Å²) >= 11 is 0. The monoisotopic (exact) mass is 1050 g/mol. The van der Waals surface area contributed by atoms with E-state index in [0.717, 1.165) is 12.1 Å². The largest absolute Gasteiger partial charge is 0.508 e. The standard InChI is InChI=1S/C32H12BF24.C11H10N2O/c34-25(35,36)13-1-14(26(37,38)39)6-21(5-13)33(22-7-15(27(40,41)42)2-16(8-22)28(43,44)45,23-9-17(29(46,47)48)3-18(10-23)30(49,50)51)24-11-19(31(52,53)54)4-20(12-24)32(55,56)57;14-11-3-1-10(2-4-11)9-13-7-5-12-6-8-13/h1-12H;1-8H,9H2/q-1;/p+1. The topological polar surface area (TPSA) is 37.0 Å². The van der Waals surface area contributed by atoms with Crippen LogP contribution in [-0.2, 0) is 56.0 Å². The van der Waals surface area contributed by atoms with Gasteiger partial charge in [-0.15, -0.1) is 0 Å². The summed E-state index contributed by atoms with van der Waals surface area (Å²) in [4.78, 5) is 3.94. The first-order chi connectivity index (χ1) is 32.1. The van der Waals surface area contributed by atoms with Crippen molar-refractivity contribution in [2.24, 2.45) is 0 Å². The minimum atomic E-state index is -6.13. The van der Waals surface area contributed by atoms with Crippen LogP contribution >= 0.6 is 0 Å². The van der Waals surface area contributed by atoms with Gasteiger partial charge in [-0.2, -0.15) is 132 Å². The maximum Gasteiger partial charge on any atom is 0.416 e. The van der Waals surface area contributed by atoms with E-state index >= 15 is 0 Å². The van der Waals surface area contributed by atoms with E-state index in [0.29, 0.717) is 5.75 Å². The summed E-state index contributed by atoms with van der Waals surface area (Å²) < 4.78 is 343. The zero-order valence-corrected chi connectivity index (χ0v) is 34.2. The molecule has 0 amide bonds. The summed E-state index contributed by atoms with van der Waals surface area (Å²) in [6.07, 6.45) is -47.5. The highest BCUT2D eigenvalue weighted by Crippen LogP contribution is 2.41. The molecule has 6 rings (SSSR count). The van der Waals surface area contributed by atoms with Gasteiger partial charge < -0.3 is 5.11 Å². The summed E-state index contributed by atoms with van der Waals surface area (Å²) in [5.74, 6) is 0.300. The molecule has 1 heterocycles. The molecule has 0 bridgehead atoms. The van der Waals surface area contributed by atoms with Crippen molar-refractivity contribution in [3.8, 4) is 5.75 Å².